The molecule has 3 unspecified atom stereocenters. The number of carbonyl (C=O) groups is 8. The summed E-state index contributed by atoms with van der Waals surface area (Å²) < 4.78 is 22.2. The molecule has 0 aromatic heterocycles. The molecule has 5 N–H and O–H groups in total. The molecule has 1 heterocycles. The van der Waals surface area contributed by atoms with Gasteiger partial charge in [-0.05, 0) is 57.5 Å². The van der Waals surface area contributed by atoms with Gasteiger partial charge in [-0.2, -0.15) is 0 Å². The molecule has 1 aliphatic heterocycles. The predicted octanol–water partition coefficient (Wildman–Crippen LogP) is 4.49. The number of nitrogens with zero attached hydrogens (tertiary/aromatic N) is 1. The number of fused-ring (bicyclic) bond motifs is 3. The predicted molar refractivity (Wildman–Crippen MR) is 287 cm³/mol. The Hall–Kier alpha value is -8.32. The van der Waals surface area contributed by atoms with Gasteiger partial charge in [-0.1, -0.05) is 140 Å². The summed E-state index contributed by atoms with van der Waals surface area (Å²) in [5.41, 5.74) is 5.21. The lowest BCUT2D eigenvalue weighted by atomic mass is 9.77. The number of nitrogens with one attached hydrogen (secondary N) is 5. The third-order valence-corrected chi connectivity index (χ3v) is 14.0. The first-order valence-electron chi connectivity index (χ1n) is 26.1. The number of likely N-dealkylation sites (tertiary alicyclic amines) is 1. The number of allylic oxidation sites excluding steroid dienone is 2. The van der Waals surface area contributed by atoms with Crippen LogP contribution in [0.4, 0.5) is 4.79 Å². The monoisotopic (exact) mass is 1060 g/mol. The molecule has 406 valence electrons. The van der Waals surface area contributed by atoms with Crippen LogP contribution in [0.15, 0.2) is 152 Å². The van der Waals surface area contributed by atoms with E-state index in [-0.39, 0.29) is 64.8 Å². The van der Waals surface area contributed by atoms with Gasteiger partial charge >= 0.3 is 6.09 Å². The highest BCUT2D eigenvalue weighted by molar-refractivity contribution is 6.20. The Morgan fingerprint density at radius 2 is 1.15 bits per heavy atom. The fourth-order valence-corrected chi connectivity index (χ4v) is 10.2. The van der Waals surface area contributed by atoms with E-state index in [1.54, 1.807) is 7.11 Å². The van der Waals surface area contributed by atoms with E-state index in [4.69, 9.17) is 18.9 Å². The SMILES string of the molecule is COCCOCCNC(=O)C1CC(NC(=O)CCOCCNC(=O)C(CC(=O)NC(c2ccccc2)(c2ccccc2)c2ccccc2)NC(=O)CC2C(=O)C=CC2=O)CN1C(=O)OCC1c2ccccc2-c2ccccc21. The second-order valence-corrected chi connectivity index (χ2v) is 19.1. The summed E-state index contributed by atoms with van der Waals surface area (Å²) >= 11 is 0. The molecule has 8 rings (SSSR count). The number of hydrogen-bond acceptors (Lipinski definition) is 12. The van der Waals surface area contributed by atoms with Crippen molar-refractivity contribution in [2.24, 2.45) is 5.92 Å². The van der Waals surface area contributed by atoms with Crippen molar-refractivity contribution in [1.82, 2.24) is 31.5 Å². The van der Waals surface area contributed by atoms with Crippen LogP contribution in [-0.4, -0.2) is 137 Å². The number of methoxy groups -OCH3 is 1. The highest BCUT2D eigenvalue weighted by Gasteiger charge is 2.43. The molecule has 18 nitrogen and oxygen atoms in total. The fourth-order valence-electron chi connectivity index (χ4n) is 10.2. The van der Waals surface area contributed by atoms with Crippen LogP contribution in [0.25, 0.3) is 11.1 Å². The van der Waals surface area contributed by atoms with Gasteiger partial charge in [0.25, 0.3) is 0 Å². The van der Waals surface area contributed by atoms with Crippen molar-refractivity contribution >= 4 is 47.2 Å². The van der Waals surface area contributed by atoms with Crippen LogP contribution in [0.5, 0.6) is 0 Å². The van der Waals surface area contributed by atoms with Gasteiger partial charge in [-0.25, -0.2) is 4.79 Å². The van der Waals surface area contributed by atoms with Crippen molar-refractivity contribution < 1.29 is 57.3 Å². The number of ether oxygens (including phenoxy) is 4. The van der Waals surface area contributed by atoms with E-state index < -0.39 is 89.6 Å². The third-order valence-electron chi connectivity index (χ3n) is 14.0. The van der Waals surface area contributed by atoms with Crippen LogP contribution in [0, 0.1) is 5.92 Å². The van der Waals surface area contributed by atoms with E-state index in [9.17, 15) is 38.4 Å². The molecule has 3 aliphatic rings. The fraction of sp³-hybridized carbons (Fsp3) is 0.333. The Labute approximate surface area is 452 Å². The van der Waals surface area contributed by atoms with Crippen LogP contribution in [0.3, 0.4) is 0 Å². The number of carbonyl (C=O) groups excluding carboxylic acids is 8. The van der Waals surface area contributed by atoms with E-state index in [1.165, 1.54) is 4.90 Å². The molecule has 78 heavy (non-hydrogen) atoms. The van der Waals surface area contributed by atoms with E-state index >= 15 is 0 Å². The highest BCUT2D eigenvalue weighted by atomic mass is 16.6. The average Bonchev–Trinajstić information content (AvgIpc) is 4.25. The van der Waals surface area contributed by atoms with E-state index in [0.717, 1.165) is 51.1 Å². The molecule has 0 bridgehead atoms. The zero-order chi connectivity index (χ0) is 54.9. The van der Waals surface area contributed by atoms with Gasteiger partial charge in [0, 0.05) is 51.5 Å². The lowest BCUT2D eigenvalue weighted by Crippen LogP contribution is -2.53. The number of hydrogen-bond donors (Lipinski definition) is 5. The van der Waals surface area contributed by atoms with E-state index in [0.29, 0.717) is 13.2 Å². The zero-order valence-electron chi connectivity index (χ0n) is 43.4. The largest absolute Gasteiger partial charge is 0.448 e. The topological polar surface area (TPSA) is 237 Å². The Kier molecular flexibility index (Phi) is 19.4. The van der Waals surface area contributed by atoms with E-state index in [1.807, 2.05) is 140 Å². The average molecular weight is 1060 g/mol. The number of rotatable bonds is 26. The molecule has 1 fully saturated rings. The first kappa shape index (κ1) is 55.9. The van der Waals surface area contributed by atoms with Gasteiger partial charge in [0.15, 0.2) is 11.6 Å². The molecule has 2 aliphatic carbocycles. The standard InChI is InChI=1S/C60H64N6O12/c1-75-33-34-77-32-29-62-58(73)51-35-43(38-66(51)59(74)78-39-49-46-23-13-11-21-44(46)45-22-12-14-24-47(45)49)63-54(69)27-30-76-31-28-61-57(72)50(64-55(70)36-48-52(67)25-26-53(48)68)37-56(71)65-60(40-15-5-2-6-16-40,41-17-7-3-8-18-41)42-19-9-4-10-20-42/h2-26,43,48-51H,27-39H2,1H3,(H,61,72)(H,62,73)(H,63,69)(H,64,70)(H,65,71). The van der Waals surface area contributed by atoms with Crippen molar-refractivity contribution in [2.45, 2.75) is 55.3 Å². The maximum Gasteiger partial charge on any atom is 0.410 e. The molecular weight excluding hydrogens is 997 g/mol. The molecular formula is C60H64N6O12. The van der Waals surface area contributed by atoms with Gasteiger partial charge in [0.2, 0.25) is 29.5 Å². The van der Waals surface area contributed by atoms with Crippen molar-refractivity contribution in [3.63, 3.8) is 0 Å². The summed E-state index contributed by atoms with van der Waals surface area (Å²) in [7, 11) is 1.56. The molecule has 0 radical (unpaired) electrons. The molecule has 0 spiro atoms. The maximum atomic E-state index is 14.4. The Morgan fingerprint density at radius 3 is 1.73 bits per heavy atom. The minimum atomic E-state index is -1.44. The highest BCUT2D eigenvalue weighted by Crippen LogP contribution is 2.45. The quantitative estimate of drug-likeness (QED) is 0.0293. The van der Waals surface area contributed by atoms with Gasteiger partial charge in [0.1, 0.15) is 24.2 Å². The van der Waals surface area contributed by atoms with Gasteiger partial charge in [-0.15, -0.1) is 0 Å². The van der Waals surface area contributed by atoms with Crippen LogP contribution in [0.1, 0.15) is 59.4 Å². The van der Waals surface area contributed by atoms with Crippen molar-refractivity contribution in [1.29, 1.82) is 0 Å². The third kappa shape index (κ3) is 13.8. The first-order valence-corrected chi connectivity index (χ1v) is 26.1. The van der Waals surface area contributed by atoms with E-state index in [2.05, 4.69) is 26.6 Å². The lowest BCUT2D eigenvalue weighted by molar-refractivity contribution is -0.135. The Bertz CT molecular complexity index is 2800. The normalized spacial score (nSPS) is 16.2. The molecule has 6 amide bonds. The van der Waals surface area contributed by atoms with Crippen LogP contribution < -0.4 is 26.6 Å². The minimum Gasteiger partial charge on any atom is -0.448 e. The summed E-state index contributed by atoms with van der Waals surface area (Å²) in [6.07, 6.45) is 0.525. The number of ketones is 2. The zero-order valence-corrected chi connectivity index (χ0v) is 43.4. The maximum absolute atomic E-state index is 14.4. The van der Waals surface area contributed by atoms with Crippen LogP contribution in [-0.2, 0) is 58.0 Å². The van der Waals surface area contributed by atoms with Crippen molar-refractivity contribution in [3.05, 3.63) is 179 Å². The second kappa shape index (κ2) is 27.1. The summed E-state index contributed by atoms with van der Waals surface area (Å²) in [6, 6.07) is 41.0. The smallest absolute Gasteiger partial charge is 0.410 e. The number of benzene rings is 5. The first-order chi connectivity index (χ1) is 38.0. The molecule has 5 aromatic rings. The van der Waals surface area contributed by atoms with Crippen molar-refractivity contribution in [3.8, 4) is 11.1 Å². The van der Waals surface area contributed by atoms with Gasteiger partial charge in [0.05, 0.1) is 45.4 Å². The minimum absolute atomic E-state index is 0.0172. The van der Waals surface area contributed by atoms with Gasteiger partial charge < -0.3 is 45.5 Å². The number of amides is 6. The summed E-state index contributed by atoms with van der Waals surface area (Å²) in [5, 5.41) is 14.2. The van der Waals surface area contributed by atoms with Crippen molar-refractivity contribution in [2.75, 3.05) is 66.4 Å². The van der Waals surface area contributed by atoms with Crippen LogP contribution in [0.2, 0.25) is 0 Å². The molecule has 5 aromatic carbocycles. The molecule has 3 atom stereocenters. The summed E-state index contributed by atoms with van der Waals surface area (Å²) in [4.78, 5) is 109. The lowest BCUT2D eigenvalue weighted by Gasteiger charge is -2.37. The van der Waals surface area contributed by atoms with Crippen LogP contribution >= 0.6 is 0 Å². The molecule has 0 saturated carbocycles. The Balaban J connectivity index is 0.860. The summed E-state index contributed by atoms with van der Waals surface area (Å²) in [5.74, 6) is -5.40. The summed E-state index contributed by atoms with van der Waals surface area (Å²) in [6.45, 7) is 1.05. The Morgan fingerprint density at radius 1 is 0.615 bits per heavy atom. The molecule has 18 heteroatoms. The molecule has 1 saturated heterocycles. The van der Waals surface area contributed by atoms with Gasteiger partial charge in [-0.3, -0.25) is 38.5 Å². The second-order valence-electron chi connectivity index (χ2n) is 19.1.